The van der Waals surface area contributed by atoms with E-state index in [1.807, 2.05) is 31.2 Å². The number of carbonyl (C=O) groups is 1. The largest absolute Gasteiger partial charge is 0.321 e. The Kier molecular flexibility index (Phi) is 2.73. The van der Waals surface area contributed by atoms with Gasteiger partial charge in [-0.25, -0.2) is 0 Å². The molecule has 0 unspecified atom stereocenters. The average molecular weight is 219 g/mol. The number of anilines is 1. The predicted molar refractivity (Wildman–Crippen MR) is 59.0 cm³/mol. The summed E-state index contributed by atoms with van der Waals surface area (Å²) >= 11 is 1.02. The summed E-state index contributed by atoms with van der Waals surface area (Å²) in [6.07, 6.45) is 1.45. The minimum Gasteiger partial charge on any atom is -0.321 e. The van der Waals surface area contributed by atoms with Crippen LogP contribution < -0.4 is 5.32 Å². The van der Waals surface area contributed by atoms with E-state index in [0.717, 1.165) is 23.0 Å². The van der Waals surface area contributed by atoms with Crippen LogP contribution in [0.2, 0.25) is 0 Å². The Morgan fingerprint density at radius 1 is 1.33 bits per heavy atom. The highest BCUT2D eigenvalue weighted by molar-refractivity contribution is 6.99. The molecule has 0 atom stereocenters. The summed E-state index contributed by atoms with van der Waals surface area (Å²) in [4.78, 5) is 11.6. The third-order valence-corrected chi connectivity index (χ3v) is 2.38. The normalized spacial score (nSPS) is 9.93. The molecule has 76 valence electrons. The summed E-state index contributed by atoms with van der Waals surface area (Å²) in [6.45, 7) is 2.00. The number of amides is 1. The van der Waals surface area contributed by atoms with Crippen molar-refractivity contribution in [3.8, 4) is 0 Å². The van der Waals surface area contributed by atoms with Crippen molar-refractivity contribution >= 4 is 23.3 Å². The van der Waals surface area contributed by atoms with E-state index in [2.05, 4.69) is 14.1 Å². The van der Waals surface area contributed by atoms with Crippen LogP contribution in [-0.2, 0) is 0 Å². The van der Waals surface area contributed by atoms with Gasteiger partial charge in [0.15, 0.2) is 5.69 Å². The molecule has 0 aliphatic heterocycles. The van der Waals surface area contributed by atoms with Crippen LogP contribution in [0.5, 0.6) is 0 Å². The molecule has 0 radical (unpaired) electrons. The summed E-state index contributed by atoms with van der Waals surface area (Å²) in [5, 5.41) is 2.74. The first-order valence-corrected chi connectivity index (χ1v) is 5.14. The van der Waals surface area contributed by atoms with Gasteiger partial charge in [0.2, 0.25) is 0 Å². The van der Waals surface area contributed by atoms with Gasteiger partial charge in [0, 0.05) is 5.69 Å². The molecule has 1 aromatic heterocycles. The Labute approximate surface area is 91.3 Å². The SMILES string of the molecule is Cc1ccc(NC(=O)c2cnsn2)cc1. The molecule has 5 heteroatoms. The van der Waals surface area contributed by atoms with Crippen molar-refractivity contribution in [3.05, 3.63) is 41.7 Å². The van der Waals surface area contributed by atoms with E-state index in [1.165, 1.54) is 6.20 Å². The second-order valence-corrected chi connectivity index (χ2v) is 3.67. The molecule has 1 amide bonds. The van der Waals surface area contributed by atoms with Crippen molar-refractivity contribution in [1.82, 2.24) is 8.75 Å². The molecule has 4 nitrogen and oxygen atoms in total. The molecular weight excluding hydrogens is 210 g/mol. The fourth-order valence-electron chi connectivity index (χ4n) is 1.10. The zero-order valence-electron chi connectivity index (χ0n) is 8.10. The van der Waals surface area contributed by atoms with Gasteiger partial charge in [-0.05, 0) is 19.1 Å². The first-order chi connectivity index (χ1) is 7.25. The van der Waals surface area contributed by atoms with Gasteiger partial charge in [-0.1, -0.05) is 17.7 Å². The second kappa shape index (κ2) is 4.18. The molecule has 1 aromatic carbocycles. The van der Waals surface area contributed by atoms with Crippen molar-refractivity contribution in [2.75, 3.05) is 5.32 Å². The van der Waals surface area contributed by atoms with Crippen molar-refractivity contribution in [1.29, 1.82) is 0 Å². The van der Waals surface area contributed by atoms with Crippen LogP contribution in [0.3, 0.4) is 0 Å². The highest BCUT2D eigenvalue weighted by Gasteiger charge is 2.08. The number of nitrogens with one attached hydrogen (secondary N) is 1. The Hall–Kier alpha value is -1.75. The van der Waals surface area contributed by atoms with Gasteiger partial charge in [-0.15, -0.1) is 0 Å². The molecule has 2 aromatic rings. The second-order valence-electron chi connectivity index (χ2n) is 3.11. The zero-order valence-corrected chi connectivity index (χ0v) is 8.91. The minimum atomic E-state index is -0.229. The van der Waals surface area contributed by atoms with Crippen LogP contribution in [0.15, 0.2) is 30.5 Å². The van der Waals surface area contributed by atoms with E-state index in [4.69, 9.17) is 0 Å². The van der Waals surface area contributed by atoms with Crippen LogP contribution in [0.4, 0.5) is 5.69 Å². The van der Waals surface area contributed by atoms with E-state index in [1.54, 1.807) is 0 Å². The van der Waals surface area contributed by atoms with E-state index in [0.29, 0.717) is 5.69 Å². The van der Waals surface area contributed by atoms with Crippen LogP contribution in [0.1, 0.15) is 16.1 Å². The summed E-state index contributed by atoms with van der Waals surface area (Å²) in [7, 11) is 0. The maximum Gasteiger partial charge on any atom is 0.277 e. The first kappa shape index (κ1) is 9.79. The summed E-state index contributed by atoms with van der Waals surface area (Å²) in [6, 6.07) is 7.59. The molecule has 0 aliphatic rings. The van der Waals surface area contributed by atoms with Gasteiger partial charge in [0.25, 0.3) is 5.91 Å². The van der Waals surface area contributed by atoms with Crippen molar-refractivity contribution in [2.45, 2.75) is 6.92 Å². The number of carbonyl (C=O) groups excluding carboxylic acids is 1. The van der Waals surface area contributed by atoms with E-state index >= 15 is 0 Å². The lowest BCUT2D eigenvalue weighted by molar-refractivity contribution is 0.102. The molecule has 2 rings (SSSR count). The van der Waals surface area contributed by atoms with E-state index < -0.39 is 0 Å². The van der Waals surface area contributed by atoms with Crippen molar-refractivity contribution in [2.24, 2.45) is 0 Å². The lowest BCUT2D eigenvalue weighted by Gasteiger charge is -2.02. The van der Waals surface area contributed by atoms with Crippen LogP contribution in [0.25, 0.3) is 0 Å². The number of rotatable bonds is 2. The third kappa shape index (κ3) is 2.38. The quantitative estimate of drug-likeness (QED) is 0.841. The molecule has 0 bridgehead atoms. The molecule has 0 spiro atoms. The van der Waals surface area contributed by atoms with Gasteiger partial charge in [0.1, 0.15) is 0 Å². The zero-order chi connectivity index (χ0) is 10.7. The smallest absolute Gasteiger partial charge is 0.277 e. The van der Waals surface area contributed by atoms with Crippen LogP contribution >= 0.6 is 11.7 Å². The highest BCUT2D eigenvalue weighted by Crippen LogP contribution is 2.09. The number of aryl methyl sites for hydroxylation is 1. The highest BCUT2D eigenvalue weighted by atomic mass is 32.1. The number of nitrogens with zero attached hydrogens (tertiary/aromatic N) is 2. The molecule has 1 heterocycles. The molecule has 1 N–H and O–H groups in total. The van der Waals surface area contributed by atoms with Crippen molar-refractivity contribution in [3.63, 3.8) is 0 Å². The van der Waals surface area contributed by atoms with Crippen LogP contribution in [0, 0.1) is 6.92 Å². The van der Waals surface area contributed by atoms with Crippen LogP contribution in [-0.4, -0.2) is 14.7 Å². The lowest BCUT2D eigenvalue weighted by Crippen LogP contribution is -2.11. The Balaban J connectivity index is 2.09. The van der Waals surface area contributed by atoms with Gasteiger partial charge in [0.05, 0.1) is 17.9 Å². The maximum atomic E-state index is 11.6. The molecule has 0 fully saturated rings. The summed E-state index contributed by atoms with van der Waals surface area (Å²) in [5.41, 5.74) is 2.27. The maximum absolute atomic E-state index is 11.6. The van der Waals surface area contributed by atoms with E-state index in [-0.39, 0.29) is 5.91 Å². The Morgan fingerprint density at radius 3 is 2.67 bits per heavy atom. The van der Waals surface area contributed by atoms with Gasteiger partial charge < -0.3 is 5.32 Å². The Bertz CT molecular complexity index is 450. The summed E-state index contributed by atoms with van der Waals surface area (Å²) < 4.78 is 7.62. The fourth-order valence-corrected chi connectivity index (χ4v) is 1.51. The molecule has 0 saturated heterocycles. The third-order valence-electron chi connectivity index (χ3n) is 1.90. The fraction of sp³-hybridized carbons (Fsp3) is 0.100. The van der Waals surface area contributed by atoms with E-state index in [9.17, 15) is 4.79 Å². The standard InChI is InChI=1S/C10H9N3OS/c1-7-2-4-8(5-3-7)12-10(14)9-6-11-15-13-9/h2-6H,1H3,(H,12,14). The summed E-state index contributed by atoms with van der Waals surface area (Å²) in [5.74, 6) is -0.229. The van der Waals surface area contributed by atoms with Gasteiger partial charge in [-0.3, -0.25) is 4.79 Å². The molecule has 15 heavy (non-hydrogen) atoms. The average Bonchev–Trinajstić information content (AvgIpc) is 2.74. The number of hydrogen-bond donors (Lipinski definition) is 1. The number of aromatic nitrogens is 2. The first-order valence-electron chi connectivity index (χ1n) is 4.41. The Morgan fingerprint density at radius 2 is 2.07 bits per heavy atom. The molecule has 0 aliphatic carbocycles. The minimum absolute atomic E-state index is 0.229. The van der Waals surface area contributed by atoms with Crippen molar-refractivity contribution < 1.29 is 4.79 Å². The van der Waals surface area contributed by atoms with Gasteiger partial charge >= 0.3 is 0 Å². The predicted octanol–water partition coefficient (Wildman–Crippen LogP) is 2.10. The lowest BCUT2D eigenvalue weighted by atomic mass is 10.2. The topological polar surface area (TPSA) is 54.9 Å². The molecule has 0 saturated carbocycles. The number of benzene rings is 1. The number of hydrogen-bond acceptors (Lipinski definition) is 4. The monoisotopic (exact) mass is 219 g/mol. The molecular formula is C10H9N3OS. The van der Waals surface area contributed by atoms with Gasteiger partial charge in [-0.2, -0.15) is 8.75 Å².